The smallest absolute Gasteiger partial charge is 0.490 e. The van der Waals surface area contributed by atoms with E-state index in [-0.39, 0.29) is 35.7 Å². The number of fused-ring (bicyclic) bond motifs is 1. The summed E-state index contributed by atoms with van der Waals surface area (Å²) in [5.41, 5.74) is 0.813. The Labute approximate surface area is 247 Å². The SMILES string of the molecule is CC(C)(C)OC(=O)N1CCC(NC(=O)c2cc3ccc(OC4CCN(c5ccc(OC(F)(F)F)cc5)CC4)cc3o2)CC1. The topological polar surface area (TPSA) is 93.5 Å². The van der Waals surface area contributed by atoms with E-state index in [1.807, 2.05) is 32.9 Å². The third-order valence-electron chi connectivity index (χ3n) is 7.38. The van der Waals surface area contributed by atoms with Gasteiger partial charge in [-0.25, -0.2) is 4.79 Å². The third-order valence-corrected chi connectivity index (χ3v) is 7.38. The molecule has 3 heterocycles. The van der Waals surface area contributed by atoms with Crippen molar-refractivity contribution in [2.24, 2.45) is 0 Å². The minimum Gasteiger partial charge on any atom is -0.490 e. The van der Waals surface area contributed by atoms with Crippen LogP contribution in [0.3, 0.4) is 0 Å². The molecule has 2 fully saturated rings. The first-order valence-electron chi connectivity index (χ1n) is 14.4. The molecule has 2 amide bonds. The van der Waals surface area contributed by atoms with Crippen molar-refractivity contribution in [3.63, 3.8) is 0 Å². The summed E-state index contributed by atoms with van der Waals surface area (Å²) < 4.78 is 58.7. The van der Waals surface area contributed by atoms with Gasteiger partial charge in [0.2, 0.25) is 0 Å². The van der Waals surface area contributed by atoms with Crippen LogP contribution >= 0.6 is 0 Å². The number of amides is 2. The largest absolute Gasteiger partial charge is 0.573 e. The van der Waals surface area contributed by atoms with Gasteiger partial charge in [0.15, 0.2) is 5.76 Å². The van der Waals surface area contributed by atoms with Crippen molar-refractivity contribution >= 4 is 28.7 Å². The molecule has 9 nitrogen and oxygen atoms in total. The highest BCUT2D eigenvalue weighted by molar-refractivity contribution is 5.96. The highest BCUT2D eigenvalue weighted by atomic mass is 19.4. The van der Waals surface area contributed by atoms with E-state index in [1.54, 1.807) is 29.2 Å². The van der Waals surface area contributed by atoms with E-state index in [2.05, 4.69) is 15.0 Å². The Morgan fingerprint density at radius 2 is 1.53 bits per heavy atom. The van der Waals surface area contributed by atoms with Crippen LogP contribution in [0.15, 0.2) is 52.9 Å². The van der Waals surface area contributed by atoms with Gasteiger partial charge in [0.05, 0.1) is 0 Å². The molecular weight excluding hydrogens is 567 g/mol. The van der Waals surface area contributed by atoms with Crippen LogP contribution in [0.1, 0.15) is 57.0 Å². The standard InChI is InChI=1S/C31H36F3N3O6/c1-30(2,3)43-29(39)37-14-10-21(11-15-37)35-28(38)27-18-20-4-7-25(19-26(20)41-27)40-23-12-16-36(17-13-23)22-5-8-24(9-6-22)42-31(32,33)34/h4-9,18-19,21,23H,10-17H2,1-3H3,(H,35,38). The monoisotopic (exact) mass is 603 g/mol. The van der Waals surface area contributed by atoms with E-state index in [1.165, 1.54) is 12.1 Å². The average Bonchev–Trinajstić information content (AvgIpc) is 3.36. The van der Waals surface area contributed by atoms with Gasteiger partial charge in [-0.15, -0.1) is 13.2 Å². The molecule has 1 N–H and O–H groups in total. The number of hydrogen-bond donors (Lipinski definition) is 1. The summed E-state index contributed by atoms with van der Waals surface area (Å²) >= 11 is 0. The number of furan rings is 1. The van der Waals surface area contributed by atoms with Gasteiger partial charge >= 0.3 is 12.5 Å². The number of hydrogen-bond acceptors (Lipinski definition) is 7. The number of anilines is 1. The number of carbonyl (C=O) groups excluding carboxylic acids is 2. The summed E-state index contributed by atoms with van der Waals surface area (Å²) in [6.45, 7) is 7.88. The van der Waals surface area contributed by atoms with Gasteiger partial charge in [0.25, 0.3) is 5.91 Å². The van der Waals surface area contributed by atoms with E-state index in [0.717, 1.165) is 23.9 Å². The number of rotatable bonds is 6. The second-order valence-electron chi connectivity index (χ2n) is 11.9. The normalized spacial score (nSPS) is 17.2. The van der Waals surface area contributed by atoms with Crippen LogP contribution in [-0.4, -0.2) is 67.2 Å². The molecule has 2 aliphatic rings. The Morgan fingerprint density at radius 1 is 0.884 bits per heavy atom. The molecule has 12 heteroatoms. The molecule has 232 valence electrons. The van der Waals surface area contributed by atoms with E-state index in [9.17, 15) is 22.8 Å². The lowest BCUT2D eigenvalue weighted by Crippen LogP contribution is -2.47. The zero-order chi connectivity index (χ0) is 30.8. The fourth-order valence-electron chi connectivity index (χ4n) is 5.27. The lowest BCUT2D eigenvalue weighted by Gasteiger charge is -2.33. The van der Waals surface area contributed by atoms with Crippen LogP contribution in [0.25, 0.3) is 11.0 Å². The highest BCUT2D eigenvalue weighted by Gasteiger charge is 2.31. The first-order chi connectivity index (χ1) is 20.3. The minimum atomic E-state index is -4.71. The predicted molar refractivity (Wildman–Crippen MR) is 153 cm³/mol. The molecule has 2 aromatic carbocycles. The fourth-order valence-corrected chi connectivity index (χ4v) is 5.27. The molecule has 2 saturated heterocycles. The second-order valence-corrected chi connectivity index (χ2v) is 11.9. The fraction of sp³-hybridized carbons (Fsp3) is 0.484. The molecule has 0 aliphatic carbocycles. The molecule has 1 aromatic heterocycles. The molecule has 43 heavy (non-hydrogen) atoms. The molecule has 0 bridgehead atoms. The number of piperidine rings is 2. The summed E-state index contributed by atoms with van der Waals surface area (Å²) in [4.78, 5) is 29.0. The second kappa shape index (κ2) is 12.3. The van der Waals surface area contributed by atoms with E-state index in [4.69, 9.17) is 13.9 Å². The summed E-state index contributed by atoms with van der Waals surface area (Å²) in [6, 6.07) is 13.0. The molecule has 5 rings (SSSR count). The molecule has 0 radical (unpaired) electrons. The van der Waals surface area contributed by atoms with Crippen molar-refractivity contribution in [1.82, 2.24) is 10.2 Å². The number of halogens is 3. The zero-order valence-corrected chi connectivity index (χ0v) is 24.4. The summed E-state index contributed by atoms with van der Waals surface area (Å²) in [5, 5.41) is 3.79. The van der Waals surface area contributed by atoms with Crippen LogP contribution in [0.4, 0.5) is 23.7 Å². The summed E-state index contributed by atoms with van der Waals surface area (Å²) in [5.74, 6) is 0.293. The van der Waals surface area contributed by atoms with Crippen LogP contribution in [-0.2, 0) is 4.74 Å². The van der Waals surface area contributed by atoms with E-state index < -0.39 is 12.0 Å². The van der Waals surface area contributed by atoms with Gasteiger partial charge in [0, 0.05) is 62.2 Å². The molecule has 0 saturated carbocycles. The maximum Gasteiger partial charge on any atom is 0.573 e. The Hall–Kier alpha value is -4.09. The van der Waals surface area contributed by atoms with E-state index in [0.29, 0.717) is 50.4 Å². The average molecular weight is 604 g/mol. The minimum absolute atomic E-state index is 0.0363. The van der Waals surface area contributed by atoms with Crippen molar-refractivity contribution < 1.29 is 41.4 Å². The summed E-state index contributed by atoms with van der Waals surface area (Å²) in [6.07, 6.45) is -2.38. The first kappa shape index (κ1) is 30.4. The molecule has 2 aliphatic heterocycles. The highest BCUT2D eigenvalue weighted by Crippen LogP contribution is 2.30. The number of likely N-dealkylation sites (tertiary alicyclic amines) is 1. The van der Waals surface area contributed by atoms with Crippen LogP contribution in [0, 0.1) is 0 Å². The van der Waals surface area contributed by atoms with Gasteiger partial charge < -0.3 is 33.7 Å². The van der Waals surface area contributed by atoms with Gasteiger partial charge in [0.1, 0.15) is 28.8 Å². The van der Waals surface area contributed by atoms with Crippen molar-refractivity contribution in [2.45, 2.75) is 70.6 Å². The predicted octanol–water partition coefficient (Wildman–Crippen LogP) is 6.51. The number of nitrogens with one attached hydrogen (secondary N) is 1. The number of alkyl halides is 3. The number of carbonyl (C=O) groups is 2. The van der Waals surface area contributed by atoms with Gasteiger partial charge in [-0.2, -0.15) is 0 Å². The lowest BCUT2D eigenvalue weighted by atomic mass is 10.1. The third kappa shape index (κ3) is 8.26. The van der Waals surface area contributed by atoms with Gasteiger partial charge in [-0.3, -0.25) is 4.79 Å². The molecular formula is C31H36F3N3O6. The van der Waals surface area contributed by atoms with Gasteiger partial charge in [-0.05, 0) is 76.1 Å². The molecule has 0 unspecified atom stereocenters. The van der Waals surface area contributed by atoms with Crippen molar-refractivity contribution in [3.05, 3.63) is 54.3 Å². The molecule has 3 aromatic rings. The number of benzene rings is 2. The maximum absolute atomic E-state index is 12.9. The Balaban J connectivity index is 1.10. The quantitative estimate of drug-likeness (QED) is 0.344. The number of nitrogens with zero attached hydrogens (tertiary/aromatic N) is 2. The van der Waals surface area contributed by atoms with Crippen LogP contribution in [0.2, 0.25) is 0 Å². The summed E-state index contributed by atoms with van der Waals surface area (Å²) in [7, 11) is 0. The van der Waals surface area contributed by atoms with Crippen LogP contribution in [0.5, 0.6) is 11.5 Å². The molecule has 0 atom stereocenters. The Morgan fingerprint density at radius 3 is 2.16 bits per heavy atom. The van der Waals surface area contributed by atoms with Crippen LogP contribution < -0.4 is 19.7 Å². The van der Waals surface area contributed by atoms with Crippen molar-refractivity contribution in [3.8, 4) is 11.5 Å². The lowest BCUT2D eigenvalue weighted by molar-refractivity contribution is -0.274. The van der Waals surface area contributed by atoms with Crippen molar-refractivity contribution in [2.75, 3.05) is 31.1 Å². The van der Waals surface area contributed by atoms with Gasteiger partial charge in [-0.1, -0.05) is 0 Å². The first-order valence-corrected chi connectivity index (χ1v) is 14.4. The maximum atomic E-state index is 12.9. The Bertz CT molecular complexity index is 1420. The van der Waals surface area contributed by atoms with E-state index >= 15 is 0 Å². The zero-order valence-electron chi connectivity index (χ0n) is 24.4. The Kier molecular flexibility index (Phi) is 8.66. The molecule has 0 spiro atoms. The van der Waals surface area contributed by atoms with Crippen molar-refractivity contribution in [1.29, 1.82) is 0 Å². The number of ether oxygens (including phenoxy) is 3.